The van der Waals surface area contributed by atoms with Crippen molar-refractivity contribution < 1.29 is 5.11 Å². The number of thiophene rings is 1. The molecule has 0 fully saturated rings. The van der Waals surface area contributed by atoms with Crippen LogP contribution >= 0.6 is 11.3 Å². The molecule has 0 saturated heterocycles. The molecule has 2 atom stereocenters. The summed E-state index contributed by atoms with van der Waals surface area (Å²) in [5.41, 5.74) is -0.583. The summed E-state index contributed by atoms with van der Waals surface area (Å²) in [6.45, 7) is 6.77. The molecule has 3 heteroatoms. The van der Waals surface area contributed by atoms with Crippen LogP contribution in [0.5, 0.6) is 0 Å². The summed E-state index contributed by atoms with van der Waals surface area (Å²) in [7, 11) is 0. The highest BCUT2D eigenvalue weighted by atomic mass is 32.1. The third-order valence-corrected chi connectivity index (χ3v) is 3.60. The highest BCUT2D eigenvalue weighted by molar-refractivity contribution is 7.10. The first-order valence-corrected chi connectivity index (χ1v) is 6.42. The highest BCUT2D eigenvalue weighted by Gasteiger charge is 2.19. The van der Waals surface area contributed by atoms with Crippen LogP contribution in [0.4, 0.5) is 0 Å². The second-order valence-electron chi connectivity index (χ2n) is 4.36. The van der Waals surface area contributed by atoms with Crippen molar-refractivity contribution in [2.45, 2.75) is 45.3 Å². The van der Waals surface area contributed by atoms with E-state index < -0.39 is 5.60 Å². The molecule has 86 valence electrons. The normalized spacial score (nSPS) is 17.3. The summed E-state index contributed by atoms with van der Waals surface area (Å²) < 4.78 is 0. The van der Waals surface area contributed by atoms with Gasteiger partial charge in [-0.2, -0.15) is 0 Å². The minimum Gasteiger partial charge on any atom is -0.389 e. The number of rotatable bonds is 6. The van der Waals surface area contributed by atoms with Gasteiger partial charge in [-0.1, -0.05) is 19.4 Å². The van der Waals surface area contributed by atoms with E-state index in [-0.39, 0.29) is 0 Å². The van der Waals surface area contributed by atoms with Crippen LogP contribution in [0, 0.1) is 0 Å². The summed E-state index contributed by atoms with van der Waals surface area (Å²) >= 11 is 1.75. The van der Waals surface area contributed by atoms with Crippen molar-refractivity contribution in [3.05, 3.63) is 22.4 Å². The Hall–Kier alpha value is -0.380. The molecule has 0 aliphatic rings. The van der Waals surface area contributed by atoms with E-state index in [1.165, 1.54) is 4.88 Å². The highest BCUT2D eigenvalue weighted by Crippen LogP contribution is 2.19. The fourth-order valence-electron chi connectivity index (χ4n) is 1.64. The first-order valence-electron chi connectivity index (χ1n) is 5.54. The molecule has 1 rings (SSSR count). The Labute approximate surface area is 96.3 Å². The maximum absolute atomic E-state index is 10.0. The standard InChI is InChI=1S/C12H21NOS/c1-4-7-12(3,14)9-13-10(2)11-6-5-8-15-11/h5-6,8,10,13-14H,4,7,9H2,1-3H3. The van der Waals surface area contributed by atoms with E-state index in [9.17, 15) is 5.11 Å². The molecule has 2 unspecified atom stereocenters. The van der Waals surface area contributed by atoms with E-state index in [1.54, 1.807) is 11.3 Å². The Balaban J connectivity index is 2.37. The van der Waals surface area contributed by atoms with E-state index in [0.29, 0.717) is 12.6 Å². The van der Waals surface area contributed by atoms with Crippen LogP contribution in [0.1, 0.15) is 44.5 Å². The molecule has 2 nitrogen and oxygen atoms in total. The van der Waals surface area contributed by atoms with E-state index in [1.807, 2.05) is 6.92 Å². The maximum atomic E-state index is 10.0. The van der Waals surface area contributed by atoms with Gasteiger partial charge >= 0.3 is 0 Å². The van der Waals surface area contributed by atoms with Gasteiger partial charge in [-0.25, -0.2) is 0 Å². The van der Waals surface area contributed by atoms with Crippen molar-refractivity contribution in [3.8, 4) is 0 Å². The van der Waals surface area contributed by atoms with E-state index >= 15 is 0 Å². The predicted octanol–water partition coefficient (Wildman–Crippen LogP) is 2.95. The number of hydrogen-bond donors (Lipinski definition) is 2. The van der Waals surface area contributed by atoms with Crippen LogP contribution in [-0.4, -0.2) is 17.3 Å². The fraction of sp³-hybridized carbons (Fsp3) is 0.667. The number of aliphatic hydroxyl groups is 1. The lowest BCUT2D eigenvalue weighted by molar-refractivity contribution is 0.0478. The van der Waals surface area contributed by atoms with Gasteiger partial charge < -0.3 is 10.4 Å². The summed E-state index contributed by atoms with van der Waals surface area (Å²) in [5, 5.41) is 15.5. The predicted molar refractivity (Wildman–Crippen MR) is 66.3 cm³/mol. The molecule has 0 aliphatic carbocycles. The molecule has 0 spiro atoms. The van der Waals surface area contributed by atoms with Crippen LogP contribution in [0.25, 0.3) is 0 Å². The average Bonchev–Trinajstić information content (AvgIpc) is 2.67. The van der Waals surface area contributed by atoms with Crippen molar-refractivity contribution in [1.29, 1.82) is 0 Å². The van der Waals surface area contributed by atoms with Gasteiger partial charge in [-0.05, 0) is 31.7 Å². The molecular weight excluding hydrogens is 206 g/mol. The van der Waals surface area contributed by atoms with Crippen molar-refractivity contribution in [3.63, 3.8) is 0 Å². The Morgan fingerprint density at radius 2 is 2.33 bits per heavy atom. The second-order valence-corrected chi connectivity index (χ2v) is 5.34. The minimum absolute atomic E-state index is 0.327. The molecule has 0 saturated carbocycles. The van der Waals surface area contributed by atoms with Crippen LogP contribution in [0.3, 0.4) is 0 Å². The third kappa shape index (κ3) is 4.33. The van der Waals surface area contributed by atoms with Gasteiger partial charge in [0.25, 0.3) is 0 Å². The van der Waals surface area contributed by atoms with Crippen molar-refractivity contribution in [2.24, 2.45) is 0 Å². The topological polar surface area (TPSA) is 32.3 Å². The third-order valence-electron chi connectivity index (χ3n) is 2.55. The quantitative estimate of drug-likeness (QED) is 0.783. The summed E-state index contributed by atoms with van der Waals surface area (Å²) in [6, 6.07) is 4.51. The van der Waals surface area contributed by atoms with Gasteiger partial charge in [0.2, 0.25) is 0 Å². The molecule has 15 heavy (non-hydrogen) atoms. The van der Waals surface area contributed by atoms with E-state index in [2.05, 4.69) is 36.7 Å². The second kappa shape index (κ2) is 5.64. The smallest absolute Gasteiger partial charge is 0.0743 e. The van der Waals surface area contributed by atoms with E-state index in [4.69, 9.17) is 0 Å². The molecule has 0 amide bonds. The lowest BCUT2D eigenvalue weighted by atomic mass is 10.0. The van der Waals surface area contributed by atoms with Crippen molar-refractivity contribution in [2.75, 3.05) is 6.54 Å². The van der Waals surface area contributed by atoms with Crippen LogP contribution in [-0.2, 0) is 0 Å². The fourth-order valence-corrected chi connectivity index (χ4v) is 2.40. The summed E-state index contributed by atoms with van der Waals surface area (Å²) in [6.07, 6.45) is 1.86. The molecule has 0 aromatic carbocycles. The lowest BCUT2D eigenvalue weighted by Gasteiger charge is -2.25. The first kappa shape index (κ1) is 12.7. The first-order chi connectivity index (χ1) is 7.05. The summed E-state index contributed by atoms with van der Waals surface area (Å²) in [4.78, 5) is 1.32. The van der Waals surface area contributed by atoms with Gasteiger partial charge in [0.1, 0.15) is 0 Å². The SMILES string of the molecule is CCCC(C)(O)CNC(C)c1cccs1. The zero-order valence-electron chi connectivity index (χ0n) is 9.79. The monoisotopic (exact) mass is 227 g/mol. The van der Waals surface area contributed by atoms with Crippen molar-refractivity contribution in [1.82, 2.24) is 5.32 Å². The van der Waals surface area contributed by atoms with Crippen molar-refractivity contribution >= 4 is 11.3 Å². The molecule has 1 aromatic rings. The van der Waals surface area contributed by atoms with Gasteiger partial charge in [0.15, 0.2) is 0 Å². The average molecular weight is 227 g/mol. The van der Waals surface area contributed by atoms with Crippen LogP contribution in [0.2, 0.25) is 0 Å². The number of hydrogen-bond acceptors (Lipinski definition) is 3. The van der Waals surface area contributed by atoms with E-state index in [0.717, 1.165) is 12.8 Å². The molecule has 2 N–H and O–H groups in total. The largest absolute Gasteiger partial charge is 0.389 e. The zero-order chi connectivity index (χ0) is 11.3. The minimum atomic E-state index is -0.583. The molecule has 0 bridgehead atoms. The van der Waals surface area contributed by atoms with Crippen LogP contribution < -0.4 is 5.32 Å². The Kier molecular flexibility index (Phi) is 4.77. The summed E-state index contributed by atoms with van der Waals surface area (Å²) in [5.74, 6) is 0. The van der Waals surface area contributed by atoms with Gasteiger partial charge in [-0.3, -0.25) is 0 Å². The molecule has 1 heterocycles. The Bertz CT molecular complexity index is 269. The number of nitrogens with one attached hydrogen (secondary N) is 1. The van der Waals surface area contributed by atoms with Gasteiger partial charge in [0, 0.05) is 17.5 Å². The van der Waals surface area contributed by atoms with Crippen LogP contribution in [0.15, 0.2) is 17.5 Å². The van der Waals surface area contributed by atoms with Gasteiger partial charge in [-0.15, -0.1) is 11.3 Å². The lowest BCUT2D eigenvalue weighted by Crippen LogP contribution is -2.38. The Morgan fingerprint density at radius 3 is 2.87 bits per heavy atom. The Morgan fingerprint density at radius 1 is 1.60 bits per heavy atom. The van der Waals surface area contributed by atoms with Gasteiger partial charge in [0.05, 0.1) is 5.60 Å². The molecule has 0 aliphatic heterocycles. The zero-order valence-corrected chi connectivity index (χ0v) is 10.6. The molecule has 0 radical (unpaired) electrons. The molecule has 1 aromatic heterocycles. The maximum Gasteiger partial charge on any atom is 0.0743 e. The molecular formula is C12H21NOS.